The number of carboxylic acid groups (broad SMARTS) is 1. The number of carbonyl (C=O) groups excluding carboxylic acids is 2. The maximum Gasteiger partial charge on any atom is 0.330 e. The fourth-order valence-corrected chi connectivity index (χ4v) is 4.31. The number of rotatable bonds is 1. The van der Waals surface area contributed by atoms with Crippen LogP contribution in [0, 0.1) is 11.3 Å². The molecule has 26 heavy (non-hydrogen) atoms. The molecule has 3 aliphatic rings. The second-order valence-electron chi connectivity index (χ2n) is 8.64. The standard InChI is InChI=1S/C20H30N2O4/c1-19(2)11-7-5-3-4-6-9-14-13-20(14,18(25)26)21-16(23)15-10-8-12-22(15)17(19)24/h6,9,14-15H,3-5,7-8,10-13H2,1-2H3,(H,21,23)(H,25,26)/b9-6-/t14-,15+,20-/m1/s1. The number of allylic oxidation sites excluding steroid dienone is 1. The Balaban J connectivity index is 1.84. The predicted molar refractivity (Wildman–Crippen MR) is 97.4 cm³/mol. The third-order valence-electron chi connectivity index (χ3n) is 6.18. The highest BCUT2D eigenvalue weighted by atomic mass is 16.4. The zero-order valence-electron chi connectivity index (χ0n) is 15.8. The Hall–Kier alpha value is -1.85. The molecule has 0 unspecified atom stereocenters. The van der Waals surface area contributed by atoms with Gasteiger partial charge in [-0.05, 0) is 38.5 Å². The number of hydrogen-bond acceptors (Lipinski definition) is 3. The number of hydrogen-bond donors (Lipinski definition) is 2. The van der Waals surface area contributed by atoms with E-state index in [0.29, 0.717) is 19.4 Å². The lowest BCUT2D eigenvalue weighted by Gasteiger charge is -2.33. The SMILES string of the molecule is CC1(C)CCCCC/C=C\[C@@H]2C[C@@]2(C(=O)O)NC(=O)[C@@H]2CCCN2C1=O. The number of carbonyl (C=O) groups is 3. The van der Waals surface area contributed by atoms with Crippen molar-refractivity contribution in [2.75, 3.05) is 6.54 Å². The minimum absolute atomic E-state index is 0.0138. The highest BCUT2D eigenvalue weighted by Gasteiger charge is 2.61. The smallest absolute Gasteiger partial charge is 0.330 e. The van der Waals surface area contributed by atoms with E-state index >= 15 is 0 Å². The second-order valence-corrected chi connectivity index (χ2v) is 8.64. The quantitative estimate of drug-likeness (QED) is 0.702. The first-order valence-electron chi connectivity index (χ1n) is 9.81. The van der Waals surface area contributed by atoms with Crippen molar-refractivity contribution in [2.45, 2.75) is 76.8 Å². The molecule has 6 nitrogen and oxygen atoms in total. The van der Waals surface area contributed by atoms with Gasteiger partial charge in [-0.2, -0.15) is 0 Å². The van der Waals surface area contributed by atoms with Crippen LogP contribution in [0.2, 0.25) is 0 Å². The Kier molecular flexibility index (Phi) is 5.13. The summed E-state index contributed by atoms with van der Waals surface area (Å²) in [6.45, 7) is 4.48. The number of carboxylic acids is 1. The fourth-order valence-electron chi connectivity index (χ4n) is 4.31. The maximum absolute atomic E-state index is 13.1. The number of amides is 2. The summed E-state index contributed by atoms with van der Waals surface area (Å²) in [4.78, 5) is 39.4. The lowest BCUT2D eigenvalue weighted by Crippen LogP contribution is -2.54. The van der Waals surface area contributed by atoms with Crippen LogP contribution < -0.4 is 5.32 Å². The van der Waals surface area contributed by atoms with Gasteiger partial charge in [0.25, 0.3) is 0 Å². The van der Waals surface area contributed by atoms with Crippen molar-refractivity contribution < 1.29 is 19.5 Å². The van der Waals surface area contributed by atoms with Crippen LogP contribution in [0.3, 0.4) is 0 Å². The molecule has 144 valence electrons. The summed E-state index contributed by atoms with van der Waals surface area (Å²) in [6.07, 6.45) is 10.6. The topological polar surface area (TPSA) is 86.7 Å². The Morgan fingerprint density at radius 2 is 2.00 bits per heavy atom. The van der Waals surface area contributed by atoms with Gasteiger partial charge in [-0.3, -0.25) is 9.59 Å². The van der Waals surface area contributed by atoms with Crippen LogP contribution in [-0.2, 0) is 14.4 Å². The van der Waals surface area contributed by atoms with Gasteiger partial charge in [-0.25, -0.2) is 4.79 Å². The molecule has 2 aliphatic heterocycles. The third-order valence-corrected chi connectivity index (χ3v) is 6.18. The largest absolute Gasteiger partial charge is 0.479 e. The molecule has 1 aliphatic carbocycles. The van der Waals surface area contributed by atoms with Crippen molar-refractivity contribution in [3.8, 4) is 0 Å². The van der Waals surface area contributed by atoms with Crippen LogP contribution in [0.5, 0.6) is 0 Å². The average Bonchev–Trinajstić information content (AvgIpc) is 3.05. The van der Waals surface area contributed by atoms with Crippen molar-refractivity contribution in [3.05, 3.63) is 12.2 Å². The van der Waals surface area contributed by atoms with E-state index in [2.05, 4.69) is 5.32 Å². The highest BCUT2D eigenvalue weighted by Crippen LogP contribution is 2.45. The van der Waals surface area contributed by atoms with Crippen molar-refractivity contribution in [1.29, 1.82) is 0 Å². The summed E-state index contributed by atoms with van der Waals surface area (Å²) >= 11 is 0. The molecule has 0 aromatic rings. The zero-order chi connectivity index (χ0) is 18.9. The average molecular weight is 362 g/mol. The normalized spacial score (nSPS) is 36.2. The fraction of sp³-hybridized carbons (Fsp3) is 0.750. The Bertz CT molecular complexity index is 627. The summed E-state index contributed by atoms with van der Waals surface area (Å²) in [6, 6.07) is -0.548. The van der Waals surface area contributed by atoms with Gasteiger partial charge < -0.3 is 15.3 Å². The number of fused-ring (bicyclic) bond motifs is 2. The van der Waals surface area contributed by atoms with Gasteiger partial charge in [0, 0.05) is 17.9 Å². The summed E-state index contributed by atoms with van der Waals surface area (Å²) in [5.41, 5.74) is -1.69. The first-order chi connectivity index (χ1) is 12.3. The minimum Gasteiger partial charge on any atom is -0.479 e. The first kappa shape index (κ1) is 18.9. The van der Waals surface area contributed by atoms with Crippen LogP contribution in [0.4, 0.5) is 0 Å². The molecule has 2 N–H and O–H groups in total. The van der Waals surface area contributed by atoms with E-state index in [0.717, 1.165) is 38.5 Å². The molecule has 6 heteroatoms. The van der Waals surface area contributed by atoms with E-state index in [1.54, 1.807) is 4.90 Å². The number of nitrogens with zero attached hydrogens (tertiary/aromatic N) is 1. The Morgan fingerprint density at radius 1 is 1.23 bits per heavy atom. The molecule has 1 saturated heterocycles. The van der Waals surface area contributed by atoms with Gasteiger partial charge in [0.05, 0.1) is 0 Å². The van der Waals surface area contributed by atoms with Crippen LogP contribution in [0.1, 0.15) is 65.2 Å². The molecule has 0 bridgehead atoms. The van der Waals surface area contributed by atoms with Gasteiger partial charge in [0.15, 0.2) is 0 Å². The molecular formula is C20H30N2O4. The van der Waals surface area contributed by atoms with Crippen molar-refractivity contribution in [2.24, 2.45) is 11.3 Å². The second kappa shape index (κ2) is 7.05. The maximum atomic E-state index is 13.1. The van der Waals surface area contributed by atoms with Crippen LogP contribution in [0.15, 0.2) is 12.2 Å². The van der Waals surface area contributed by atoms with E-state index in [4.69, 9.17) is 0 Å². The van der Waals surface area contributed by atoms with Gasteiger partial charge in [-0.1, -0.05) is 38.8 Å². The van der Waals surface area contributed by atoms with Gasteiger partial charge in [-0.15, -0.1) is 0 Å². The lowest BCUT2D eigenvalue weighted by molar-refractivity contribution is -0.148. The molecule has 2 amide bonds. The molecule has 0 spiro atoms. The van der Waals surface area contributed by atoms with Crippen molar-refractivity contribution in [3.63, 3.8) is 0 Å². The molecule has 0 aromatic carbocycles. The van der Waals surface area contributed by atoms with Crippen LogP contribution in [0.25, 0.3) is 0 Å². The molecule has 3 atom stereocenters. The number of aliphatic carboxylic acids is 1. The van der Waals surface area contributed by atoms with Gasteiger partial charge >= 0.3 is 5.97 Å². The van der Waals surface area contributed by atoms with E-state index < -0.39 is 23.0 Å². The molecule has 1 saturated carbocycles. The van der Waals surface area contributed by atoms with Gasteiger partial charge in [0.2, 0.25) is 11.8 Å². The highest BCUT2D eigenvalue weighted by molar-refractivity contribution is 5.95. The summed E-state index contributed by atoms with van der Waals surface area (Å²) in [5, 5.41) is 12.4. The van der Waals surface area contributed by atoms with E-state index in [-0.39, 0.29) is 17.7 Å². The van der Waals surface area contributed by atoms with Crippen molar-refractivity contribution >= 4 is 17.8 Å². The Labute approximate surface area is 155 Å². The summed E-state index contributed by atoms with van der Waals surface area (Å²) in [5.74, 6) is -1.45. The monoisotopic (exact) mass is 362 g/mol. The molecule has 2 fully saturated rings. The molecule has 0 radical (unpaired) electrons. The minimum atomic E-state index is -1.19. The molecular weight excluding hydrogens is 332 g/mol. The lowest BCUT2D eigenvalue weighted by atomic mass is 9.85. The summed E-state index contributed by atoms with van der Waals surface area (Å²) < 4.78 is 0. The molecule has 2 heterocycles. The van der Waals surface area contributed by atoms with Crippen molar-refractivity contribution in [1.82, 2.24) is 10.2 Å². The van der Waals surface area contributed by atoms with E-state index in [1.807, 2.05) is 26.0 Å². The third kappa shape index (κ3) is 3.51. The predicted octanol–water partition coefficient (Wildman–Crippen LogP) is 2.48. The zero-order valence-corrected chi connectivity index (χ0v) is 15.8. The number of nitrogens with one attached hydrogen (secondary N) is 1. The summed E-state index contributed by atoms with van der Waals surface area (Å²) in [7, 11) is 0. The Morgan fingerprint density at radius 3 is 2.73 bits per heavy atom. The van der Waals surface area contributed by atoms with Gasteiger partial charge in [0.1, 0.15) is 11.6 Å². The molecule has 3 rings (SSSR count). The van der Waals surface area contributed by atoms with E-state index in [1.165, 1.54) is 0 Å². The first-order valence-corrected chi connectivity index (χ1v) is 9.81. The van der Waals surface area contributed by atoms with E-state index in [9.17, 15) is 19.5 Å². The van der Waals surface area contributed by atoms with Crippen LogP contribution in [-0.4, -0.2) is 45.9 Å². The van der Waals surface area contributed by atoms with Crippen LogP contribution >= 0.6 is 0 Å². The molecule has 0 aromatic heterocycles.